The highest BCUT2D eigenvalue weighted by Crippen LogP contribution is 2.24. The molecule has 1 aromatic heterocycles. The fourth-order valence-corrected chi connectivity index (χ4v) is 4.19. The molecule has 0 saturated carbocycles. The molecule has 0 bridgehead atoms. The highest BCUT2D eigenvalue weighted by molar-refractivity contribution is 8.01. The summed E-state index contributed by atoms with van der Waals surface area (Å²) in [5.41, 5.74) is 1.21. The summed E-state index contributed by atoms with van der Waals surface area (Å²) in [6, 6.07) is 6.62. The zero-order valence-electron chi connectivity index (χ0n) is 18.7. The summed E-state index contributed by atoms with van der Waals surface area (Å²) in [4.78, 5) is 26.3. The maximum atomic E-state index is 14.7. The summed E-state index contributed by atoms with van der Waals surface area (Å²) in [5, 5.41) is 8.67. The van der Waals surface area contributed by atoms with E-state index in [9.17, 15) is 14.0 Å². The minimum atomic E-state index is -0.451. The average molecular weight is 465 g/mol. The van der Waals surface area contributed by atoms with Crippen molar-refractivity contribution in [2.75, 3.05) is 29.1 Å². The standard InChI is InChI=1S/C22H29FN4O4S/c1-13-7-20(26-31-13)25-22(29)16(4)32-12-21(28)24-9-17-5-6-19(18(23)8-17)27-10-14(2)30-15(3)11-27/h5-8,14-16H,9-12H2,1-4H3,(H,24,28)(H,25,26,29). The molecule has 32 heavy (non-hydrogen) atoms. The molecule has 0 radical (unpaired) electrons. The lowest BCUT2D eigenvalue weighted by atomic mass is 10.1. The van der Waals surface area contributed by atoms with Crippen molar-refractivity contribution in [1.82, 2.24) is 10.5 Å². The number of thioether (sulfide) groups is 1. The van der Waals surface area contributed by atoms with Gasteiger partial charge in [0.15, 0.2) is 5.82 Å². The van der Waals surface area contributed by atoms with Crippen molar-refractivity contribution in [3.05, 3.63) is 41.4 Å². The van der Waals surface area contributed by atoms with Crippen molar-refractivity contribution in [3.63, 3.8) is 0 Å². The van der Waals surface area contributed by atoms with Gasteiger partial charge >= 0.3 is 0 Å². The second-order valence-electron chi connectivity index (χ2n) is 7.99. The normalized spacial score (nSPS) is 19.5. The Hall–Kier alpha value is -2.59. The molecule has 1 aromatic carbocycles. The SMILES string of the molecule is Cc1cc(NC(=O)C(C)SCC(=O)NCc2ccc(N3CC(C)OC(C)C3)c(F)c2)no1. The Morgan fingerprint density at radius 1 is 1.28 bits per heavy atom. The monoisotopic (exact) mass is 464 g/mol. The van der Waals surface area contributed by atoms with Gasteiger partial charge in [0.2, 0.25) is 11.8 Å². The van der Waals surface area contributed by atoms with Gasteiger partial charge in [-0.3, -0.25) is 9.59 Å². The zero-order chi connectivity index (χ0) is 23.3. The molecule has 1 aliphatic rings. The van der Waals surface area contributed by atoms with Gasteiger partial charge in [-0.2, -0.15) is 0 Å². The number of nitrogens with one attached hydrogen (secondary N) is 2. The van der Waals surface area contributed by atoms with Crippen LogP contribution in [0, 0.1) is 12.7 Å². The molecule has 1 fully saturated rings. The van der Waals surface area contributed by atoms with Gasteiger partial charge in [0.25, 0.3) is 0 Å². The number of rotatable bonds is 8. The molecule has 8 nitrogen and oxygen atoms in total. The topological polar surface area (TPSA) is 96.7 Å². The first-order valence-corrected chi connectivity index (χ1v) is 11.6. The van der Waals surface area contributed by atoms with Crippen LogP contribution < -0.4 is 15.5 Å². The maximum Gasteiger partial charge on any atom is 0.238 e. The largest absolute Gasteiger partial charge is 0.372 e. The van der Waals surface area contributed by atoms with Crippen LogP contribution in [0.25, 0.3) is 0 Å². The number of aromatic nitrogens is 1. The average Bonchev–Trinajstić information content (AvgIpc) is 3.14. The number of amides is 2. The molecule has 2 amide bonds. The van der Waals surface area contributed by atoms with E-state index in [0.29, 0.717) is 35.9 Å². The fourth-order valence-electron chi connectivity index (χ4n) is 3.47. The Bertz CT molecular complexity index is 944. The number of hydrogen-bond donors (Lipinski definition) is 2. The molecule has 10 heteroatoms. The smallest absolute Gasteiger partial charge is 0.238 e. The third-order valence-electron chi connectivity index (χ3n) is 4.97. The lowest BCUT2D eigenvalue weighted by molar-refractivity contribution is -0.118. The van der Waals surface area contributed by atoms with Gasteiger partial charge in [0, 0.05) is 25.7 Å². The van der Waals surface area contributed by atoms with Gasteiger partial charge in [0.1, 0.15) is 11.6 Å². The minimum Gasteiger partial charge on any atom is -0.372 e. The van der Waals surface area contributed by atoms with Crippen molar-refractivity contribution in [2.45, 2.75) is 51.7 Å². The molecule has 0 aliphatic carbocycles. The quantitative estimate of drug-likeness (QED) is 0.620. The third-order valence-corrected chi connectivity index (χ3v) is 6.12. The first-order chi connectivity index (χ1) is 15.2. The Balaban J connectivity index is 1.44. The summed E-state index contributed by atoms with van der Waals surface area (Å²) >= 11 is 1.20. The molecule has 3 rings (SSSR count). The van der Waals surface area contributed by atoms with Crippen molar-refractivity contribution in [2.24, 2.45) is 0 Å². The van der Waals surface area contributed by atoms with Gasteiger partial charge in [-0.1, -0.05) is 11.2 Å². The number of aryl methyl sites for hydroxylation is 1. The molecule has 2 aromatic rings. The van der Waals surface area contributed by atoms with Crippen molar-refractivity contribution >= 4 is 35.1 Å². The summed E-state index contributed by atoms with van der Waals surface area (Å²) < 4.78 is 25.3. The van der Waals surface area contributed by atoms with Crippen molar-refractivity contribution < 1.29 is 23.2 Å². The van der Waals surface area contributed by atoms with E-state index < -0.39 is 5.25 Å². The summed E-state index contributed by atoms with van der Waals surface area (Å²) in [7, 11) is 0. The van der Waals surface area contributed by atoms with E-state index in [2.05, 4.69) is 15.8 Å². The van der Waals surface area contributed by atoms with Crippen LogP contribution in [-0.2, 0) is 20.9 Å². The molecule has 2 heterocycles. The van der Waals surface area contributed by atoms with Gasteiger partial charge in [-0.25, -0.2) is 4.39 Å². The summed E-state index contributed by atoms with van der Waals surface area (Å²) in [6.07, 6.45) is 0.0818. The molecule has 1 aliphatic heterocycles. The van der Waals surface area contributed by atoms with E-state index >= 15 is 0 Å². The molecule has 0 spiro atoms. The first kappa shape index (κ1) is 24.1. The van der Waals surface area contributed by atoms with Crippen LogP contribution in [0.4, 0.5) is 15.9 Å². The molecule has 1 saturated heterocycles. The second-order valence-corrected chi connectivity index (χ2v) is 9.32. The number of carbonyl (C=O) groups excluding carboxylic acids is 2. The van der Waals surface area contributed by atoms with Crippen LogP contribution in [0.5, 0.6) is 0 Å². The van der Waals surface area contributed by atoms with E-state index in [1.807, 2.05) is 24.8 Å². The minimum absolute atomic E-state index is 0.0409. The van der Waals surface area contributed by atoms with Crippen molar-refractivity contribution in [3.8, 4) is 0 Å². The van der Waals surface area contributed by atoms with Gasteiger partial charge < -0.3 is 24.8 Å². The molecule has 3 atom stereocenters. The number of carbonyl (C=O) groups is 2. The van der Waals surface area contributed by atoms with Gasteiger partial charge in [-0.15, -0.1) is 11.8 Å². The lowest BCUT2D eigenvalue weighted by Crippen LogP contribution is -2.45. The highest BCUT2D eigenvalue weighted by Gasteiger charge is 2.24. The van der Waals surface area contributed by atoms with Crippen LogP contribution in [0.1, 0.15) is 32.1 Å². The highest BCUT2D eigenvalue weighted by atomic mass is 32.2. The van der Waals surface area contributed by atoms with E-state index in [1.165, 1.54) is 17.8 Å². The Morgan fingerprint density at radius 2 is 2.00 bits per heavy atom. The predicted molar refractivity (Wildman–Crippen MR) is 122 cm³/mol. The van der Waals surface area contributed by atoms with E-state index in [4.69, 9.17) is 9.26 Å². The van der Waals surface area contributed by atoms with Crippen LogP contribution >= 0.6 is 11.8 Å². The van der Waals surface area contributed by atoms with Crippen LogP contribution in [0.15, 0.2) is 28.8 Å². The summed E-state index contributed by atoms with van der Waals surface area (Å²) in [5.74, 6) is 0.235. The van der Waals surface area contributed by atoms with Gasteiger partial charge in [-0.05, 0) is 45.4 Å². The van der Waals surface area contributed by atoms with Crippen molar-refractivity contribution in [1.29, 1.82) is 0 Å². The van der Waals surface area contributed by atoms with Gasteiger partial charge in [0.05, 0.1) is 28.9 Å². The third kappa shape index (κ3) is 6.70. The fraction of sp³-hybridized carbons (Fsp3) is 0.500. The molecular formula is C22H29FN4O4S. The Kier molecular flexibility index (Phi) is 8.14. The molecule has 2 N–H and O–H groups in total. The Labute approximate surface area is 191 Å². The van der Waals surface area contributed by atoms with E-state index in [-0.39, 0.29) is 42.1 Å². The summed E-state index contributed by atoms with van der Waals surface area (Å²) in [6.45, 7) is 8.87. The molecule has 3 unspecified atom stereocenters. The first-order valence-electron chi connectivity index (χ1n) is 10.5. The predicted octanol–water partition coefficient (Wildman–Crippen LogP) is 3.11. The second kappa shape index (κ2) is 10.8. The van der Waals surface area contributed by atoms with Crippen LogP contribution in [-0.4, -0.2) is 53.3 Å². The van der Waals surface area contributed by atoms with E-state index in [1.54, 1.807) is 26.0 Å². The Morgan fingerprint density at radius 3 is 2.62 bits per heavy atom. The van der Waals surface area contributed by atoms with E-state index in [0.717, 1.165) is 0 Å². The zero-order valence-corrected chi connectivity index (χ0v) is 19.5. The number of nitrogens with zero attached hydrogens (tertiary/aromatic N) is 2. The molecular weight excluding hydrogens is 435 g/mol. The number of halogens is 1. The maximum absolute atomic E-state index is 14.7. The number of morpholine rings is 1. The van der Waals surface area contributed by atoms with Crippen LogP contribution in [0.2, 0.25) is 0 Å². The number of hydrogen-bond acceptors (Lipinski definition) is 7. The van der Waals surface area contributed by atoms with Crippen LogP contribution in [0.3, 0.4) is 0 Å². The number of ether oxygens (including phenoxy) is 1. The molecule has 174 valence electrons. The number of anilines is 2. The lowest BCUT2D eigenvalue weighted by Gasteiger charge is -2.37. The number of benzene rings is 1.